The van der Waals surface area contributed by atoms with Gasteiger partial charge in [-0.1, -0.05) is 18.2 Å². The molecule has 0 saturated carbocycles. The number of nitrogens with one attached hydrogen (secondary N) is 1. The van der Waals surface area contributed by atoms with Crippen molar-refractivity contribution in [3.05, 3.63) is 34.2 Å². The molecule has 2 fully saturated rings. The topological polar surface area (TPSA) is 136 Å². The Morgan fingerprint density at radius 3 is 2.93 bits per heavy atom. The molecule has 0 aromatic carbocycles. The van der Waals surface area contributed by atoms with Crippen molar-refractivity contribution in [1.29, 1.82) is 0 Å². The first-order chi connectivity index (χ1) is 14.3. The molecule has 4 rings (SSSR count). The van der Waals surface area contributed by atoms with Gasteiger partial charge in [0.1, 0.15) is 11.4 Å². The molecule has 1 amide bonds. The van der Waals surface area contributed by atoms with Crippen LogP contribution in [0, 0.1) is 11.8 Å². The maximum absolute atomic E-state index is 12.4. The Kier molecular flexibility index (Phi) is 5.75. The van der Waals surface area contributed by atoms with Crippen molar-refractivity contribution in [3.63, 3.8) is 0 Å². The molecular formula is C20H25N3O6S. The number of carboxylic acid groups (broad SMARTS) is 1. The van der Waals surface area contributed by atoms with Crippen molar-refractivity contribution in [2.75, 3.05) is 6.54 Å². The highest BCUT2D eigenvalue weighted by atomic mass is 32.2. The highest BCUT2D eigenvalue weighted by molar-refractivity contribution is 8.03. The van der Waals surface area contributed by atoms with Gasteiger partial charge in [0.15, 0.2) is 5.76 Å². The number of aliphatic carboxylic acids is 1. The van der Waals surface area contributed by atoms with Crippen LogP contribution >= 0.6 is 11.8 Å². The van der Waals surface area contributed by atoms with Crippen LogP contribution in [-0.4, -0.2) is 67.2 Å². The first kappa shape index (κ1) is 21.1. The molecule has 0 aliphatic carbocycles. The van der Waals surface area contributed by atoms with E-state index in [2.05, 4.69) is 10.5 Å². The molecule has 0 spiro atoms. The Morgan fingerprint density at radius 1 is 1.53 bits per heavy atom. The monoisotopic (exact) mass is 435 g/mol. The second-order valence-corrected chi connectivity index (χ2v) is 9.34. The van der Waals surface area contributed by atoms with E-state index in [1.165, 1.54) is 16.7 Å². The summed E-state index contributed by atoms with van der Waals surface area (Å²) in [4.78, 5) is 26.4. The van der Waals surface area contributed by atoms with E-state index in [1.807, 2.05) is 13.0 Å². The fourth-order valence-corrected chi connectivity index (χ4v) is 6.01. The number of amides is 1. The van der Waals surface area contributed by atoms with Gasteiger partial charge < -0.3 is 30.1 Å². The van der Waals surface area contributed by atoms with Crippen molar-refractivity contribution >= 4 is 29.7 Å². The normalized spacial score (nSPS) is 32.1. The minimum atomic E-state index is -1.10. The molecule has 10 heteroatoms. The van der Waals surface area contributed by atoms with Crippen LogP contribution in [0.5, 0.6) is 0 Å². The van der Waals surface area contributed by atoms with Gasteiger partial charge in [-0.25, -0.2) is 4.79 Å². The molecule has 9 nitrogen and oxygen atoms in total. The predicted octanol–water partition coefficient (Wildman–Crippen LogP) is 0.797. The highest BCUT2D eigenvalue weighted by Crippen LogP contribution is 2.51. The minimum absolute atomic E-state index is 0.0663. The van der Waals surface area contributed by atoms with Crippen molar-refractivity contribution in [1.82, 2.24) is 15.4 Å². The third-order valence-corrected chi connectivity index (χ3v) is 7.47. The Morgan fingerprint density at radius 2 is 2.30 bits per heavy atom. The fourth-order valence-electron chi connectivity index (χ4n) is 4.52. The van der Waals surface area contributed by atoms with Gasteiger partial charge >= 0.3 is 5.97 Å². The lowest BCUT2D eigenvalue weighted by Gasteiger charge is -2.46. The molecule has 3 aliphatic rings. The minimum Gasteiger partial charge on any atom is -0.477 e. The molecule has 0 unspecified atom stereocenters. The van der Waals surface area contributed by atoms with Crippen LogP contribution in [0.1, 0.15) is 31.7 Å². The summed E-state index contributed by atoms with van der Waals surface area (Å²) in [5.74, 6) is -1.52. The number of thioether (sulfide) groups is 1. The molecule has 1 aromatic heterocycles. The zero-order valence-electron chi connectivity index (χ0n) is 16.7. The van der Waals surface area contributed by atoms with Gasteiger partial charge in [-0.2, -0.15) is 0 Å². The molecule has 6 atom stereocenters. The second-order valence-electron chi connectivity index (χ2n) is 8.00. The van der Waals surface area contributed by atoms with Crippen LogP contribution in [-0.2, 0) is 16.2 Å². The van der Waals surface area contributed by atoms with Crippen molar-refractivity contribution in [2.24, 2.45) is 11.8 Å². The van der Waals surface area contributed by atoms with Crippen LogP contribution in [0.2, 0.25) is 0 Å². The Bertz CT molecular complexity index is 910. The van der Waals surface area contributed by atoms with Crippen molar-refractivity contribution in [3.8, 4) is 0 Å². The smallest absolute Gasteiger partial charge is 0.353 e. The van der Waals surface area contributed by atoms with Gasteiger partial charge in [0, 0.05) is 34.7 Å². The van der Waals surface area contributed by atoms with E-state index in [9.17, 15) is 19.8 Å². The predicted molar refractivity (Wildman–Crippen MR) is 109 cm³/mol. The first-order valence-electron chi connectivity index (χ1n) is 9.95. The summed E-state index contributed by atoms with van der Waals surface area (Å²) in [6, 6.07) is 1.48. The standard InChI is InChI=1S/C20H25N3O6S/c1-9-16-15(10(2)25)19(26)23(16)17(20(27)28)18(9)30-14-6-11(21-7-14)3-4-13-5-12(8-24)22-29-13/h3-5,9-11,14-16,21,24-25H,6-8H2,1-2H3,(H,27,28)/b4-3-/t9-,10-,11-,14+,15-,16-/m1/s1. The summed E-state index contributed by atoms with van der Waals surface area (Å²) < 4.78 is 5.11. The molecule has 4 N–H and O–H groups in total. The summed E-state index contributed by atoms with van der Waals surface area (Å²) in [7, 11) is 0. The van der Waals surface area contributed by atoms with Crippen LogP contribution < -0.4 is 5.32 Å². The molecule has 4 heterocycles. The summed E-state index contributed by atoms with van der Waals surface area (Å²) in [6.45, 7) is 4.04. The van der Waals surface area contributed by atoms with Crippen LogP contribution in [0.4, 0.5) is 0 Å². The Balaban J connectivity index is 1.44. The van der Waals surface area contributed by atoms with Crippen LogP contribution in [0.3, 0.4) is 0 Å². The van der Waals surface area contributed by atoms with Gasteiger partial charge in [-0.3, -0.25) is 4.79 Å². The van der Waals surface area contributed by atoms with Gasteiger partial charge in [-0.15, -0.1) is 11.8 Å². The number of rotatable bonds is 7. The Labute approximate surface area is 177 Å². The summed E-state index contributed by atoms with van der Waals surface area (Å²) in [5.41, 5.74) is 0.539. The number of carboxylic acids is 1. The number of aromatic nitrogens is 1. The van der Waals surface area contributed by atoms with Crippen molar-refractivity contribution in [2.45, 2.75) is 50.3 Å². The molecule has 3 aliphatic heterocycles. The lowest BCUT2D eigenvalue weighted by molar-refractivity contribution is -0.163. The average Bonchev–Trinajstić information content (AvgIpc) is 3.39. The van der Waals surface area contributed by atoms with E-state index >= 15 is 0 Å². The number of carbonyl (C=O) groups excluding carboxylic acids is 1. The number of aliphatic hydroxyl groups is 2. The van der Waals surface area contributed by atoms with E-state index in [-0.39, 0.29) is 41.5 Å². The number of fused-ring (bicyclic) bond motifs is 1. The number of nitrogens with zero attached hydrogens (tertiary/aromatic N) is 2. The number of hydrogen-bond acceptors (Lipinski definition) is 8. The Hall–Kier alpha value is -2.14. The lowest BCUT2D eigenvalue weighted by atomic mass is 9.79. The van der Waals surface area contributed by atoms with Crippen LogP contribution in [0.15, 0.2) is 27.3 Å². The summed E-state index contributed by atoms with van der Waals surface area (Å²) in [6.07, 6.45) is 3.76. The van der Waals surface area contributed by atoms with Crippen molar-refractivity contribution < 1.29 is 29.4 Å². The maximum atomic E-state index is 12.4. The summed E-state index contributed by atoms with van der Waals surface area (Å²) in [5, 5.41) is 36.0. The average molecular weight is 436 g/mol. The molecular weight excluding hydrogens is 410 g/mol. The number of β-lactam (4-membered cyclic amide) rings is 1. The quantitative estimate of drug-likeness (QED) is 0.458. The van der Waals surface area contributed by atoms with Gasteiger partial charge in [0.05, 0.1) is 24.7 Å². The third-order valence-electron chi connectivity index (χ3n) is 5.96. The van der Waals surface area contributed by atoms with E-state index < -0.39 is 18.0 Å². The summed E-state index contributed by atoms with van der Waals surface area (Å²) >= 11 is 1.51. The van der Waals surface area contributed by atoms with E-state index in [0.29, 0.717) is 22.9 Å². The molecule has 162 valence electrons. The van der Waals surface area contributed by atoms with E-state index in [1.54, 1.807) is 19.1 Å². The maximum Gasteiger partial charge on any atom is 0.353 e. The van der Waals surface area contributed by atoms with E-state index in [0.717, 1.165) is 6.42 Å². The largest absolute Gasteiger partial charge is 0.477 e. The van der Waals surface area contributed by atoms with Gasteiger partial charge in [0.2, 0.25) is 5.91 Å². The van der Waals surface area contributed by atoms with Gasteiger partial charge in [0.25, 0.3) is 0 Å². The SMILES string of the molecule is C[C@@H](O)[C@H]1C(=O)N2C(C(=O)O)=C(S[C@@H]3CN[C@H](/C=C\c4cc(CO)no4)C3)[C@H](C)[C@H]12. The fraction of sp³-hybridized carbons (Fsp3) is 0.550. The number of hydrogen-bond donors (Lipinski definition) is 4. The zero-order valence-corrected chi connectivity index (χ0v) is 17.5. The molecule has 2 saturated heterocycles. The second kappa shape index (κ2) is 8.18. The van der Waals surface area contributed by atoms with Gasteiger partial charge in [-0.05, 0) is 19.4 Å². The first-order valence-corrected chi connectivity index (χ1v) is 10.8. The highest BCUT2D eigenvalue weighted by Gasteiger charge is 2.60. The molecule has 1 aromatic rings. The molecule has 30 heavy (non-hydrogen) atoms. The third kappa shape index (κ3) is 3.58. The number of aliphatic hydroxyl groups excluding tert-OH is 2. The lowest BCUT2D eigenvalue weighted by Crippen LogP contribution is -2.63. The van der Waals surface area contributed by atoms with Crippen LogP contribution in [0.25, 0.3) is 6.08 Å². The molecule has 0 bridgehead atoms. The molecule has 0 radical (unpaired) electrons. The number of carbonyl (C=O) groups is 2. The zero-order chi connectivity index (χ0) is 21.6. The van der Waals surface area contributed by atoms with E-state index in [4.69, 9.17) is 9.63 Å².